The zero-order valence-corrected chi connectivity index (χ0v) is 12.3. The van der Waals surface area contributed by atoms with Gasteiger partial charge in [0.2, 0.25) is 0 Å². The lowest BCUT2D eigenvalue weighted by Gasteiger charge is -2.38. The van der Waals surface area contributed by atoms with Crippen LogP contribution in [0.3, 0.4) is 0 Å². The molecule has 1 heterocycles. The fraction of sp³-hybridized carbons (Fsp3) is 0.368. The first-order valence-electron chi connectivity index (χ1n) is 7.61. The summed E-state index contributed by atoms with van der Waals surface area (Å²) in [4.78, 5) is 2.41. The van der Waals surface area contributed by atoms with Crippen LogP contribution < -0.4 is 0 Å². The average molecular weight is 279 g/mol. The van der Waals surface area contributed by atoms with Crippen LogP contribution >= 0.6 is 0 Å². The molecule has 2 aromatic rings. The molecule has 1 aliphatic rings. The highest BCUT2D eigenvalue weighted by Gasteiger charge is 2.26. The normalized spacial score (nSPS) is 15.8. The molecule has 0 N–H and O–H groups in total. The Balaban J connectivity index is 1.49. The molecule has 0 spiro atoms. The summed E-state index contributed by atoms with van der Waals surface area (Å²) in [6.07, 6.45) is 7.60. The van der Waals surface area contributed by atoms with E-state index < -0.39 is 0 Å². The zero-order chi connectivity index (χ0) is 14.5. The summed E-state index contributed by atoms with van der Waals surface area (Å²) >= 11 is 0. The first-order valence-corrected chi connectivity index (χ1v) is 7.61. The number of unbranched alkanes of at least 4 members (excludes halogenated alkanes) is 1. The maximum absolute atomic E-state index is 6.03. The first-order chi connectivity index (χ1) is 10.4. The molecule has 0 atom stereocenters. The summed E-state index contributed by atoms with van der Waals surface area (Å²) < 4.78 is 6.03. The van der Waals surface area contributed by atoms with E-state index in [1.807, 2.05) is 0 Å². The maximum Gasteiger partial charge on any atom is 0.0833 e. The van der Waals surface area contributed by atoms with E-state index in [9.17, 15) is 0 Å². The highest BCUT2D eigenvalue weighted by atomic mass is 16.5. The van der Waals surface area contributed by atoms with Gasteiger partial charge in [0.15, 0.2) is 0 Å². The van der Waals surface area contributed by atoms with Gasteiger partial charge in [0.25, 0.3) is 0 Å². The van der Waals surface area contributed by atoms with Crippen LogP contribution in [0.5, 0.6) is 0 Å². The van der Waals surface area contributed by atoms with Crippen LogP contribution in [0, 0.1) is 12.3 Å². The molecule has 2 heteroatoms. The van der Waals surface area contributed by atoms with Crippen molar-refractivity contribution in [1.82, 2.24) is 4.90 Å². The molecule has 108 valence electrons. The van der Waals surface area contributed by atoms with Crippen molar-refractivity contribution < 1.29 is 4.74 Å². The zero-order valence-electron chi connectivity index (χ0n) is 12.3. The molecule has 0 aromatic heterocycles. The van der Waals surface area contributed by atoms with E-state index in [2.05, 4.69) is 53.3 Å². The van der Waals surface area contributed by atoms with Gasteiger partial charge < -0.3 is 4.74 Å². The third-order valence-electron chi connectivity index (χ3n) is 4.07. The van der Waals surface area contributed by atoms with Gasteiger partial charge in [-0.2, -0.15) is 0 Å². The minimum atomic E-state index is 0.370. The maximum atomic E-state index is 6.03. The van der Waals surface area contributed by atoms with Gasteiger partial charge in [-0.15, -0.1) is 12.3 Å². The molecule has 1 fully saturated rings. The van der Waals surface area contributed by atoms with Gasteiger partial charge in [0.1, 0.15) is 0 Å². The molecular formula is C19H21NO. The van der Waals surface area contributed by atoms with Gasteiger partial charge in [0, 0.05) is 19.5 Å². The number of terminal acetylenes is 1. The van der Waals surface area contributed by atoms with Gasteiger partial charge in [-0.25, -0.2) is 0 Å². The Kier molecular flexibility index (Phi) is 4.55. The summed E-state index contributed by atoms with van der Waals surface area (Å²) in [5.74, 6) is 2.69. The lowest BCUT2D eigenvalue weighted by molar-refractivity contribution is -0.0621. The number of hydrogen-bond acceptors (Lipinski definition) is 2. The number of ether oxygens (including phenoxy) is 1. The van der Waals surface area contributed by atoms with Crippen molar-refractivity contribution in [3.8, 4) is 12.3 Å². The number of fused-ring (bicyclic) bond motifs is 1. The Morgan fingerprint density at radius 3 is 2.81 bits per heavy atom. The lowest BCUT2D eigenvalue weighted by atomic mass is 10.1. The number of benzene rings is 2. The predicted octanol–water partition coefficient (Wildman–Crippen LogP) is 3.45. The molecule has 2 nitrogen and oxygen atoms in total. The number of hydrogen-bond donors (Lipinski definition) is 0. The van der Waals surface area contributed by atoms with E-state index in [-0.39, 0.29) is 0 Å². The molecule has 1 saturated heterocycles. The third kappa shape index (κ3) is 3.44. The molecule has 0 amide bonds. The molecule has 0 bridgehead atoms. The molecule has 0 aliphatic carbocycles. The lowest BCUT2D eigenvalue weighted by Crippen LogP contribution is -2.52. The van der Waals surface area contributed by atoms with E-state index in [4.69, 9.17) is 11.2 Å². The SMILES string of the molecule is C#CCCCN1CC(OCc2cccc3ccccc23)C1. The van der Waals surface area contributed by atoms with E-state index in [1.54, 1.807) is 0 Å². The van der Waals surface area contributed by atoms with Crippen molar-refractivity contribution in [3.05, 3.63) is 48.0 Å². The number of likely N-dealkylation sites (tertiary alicyclic amines) is 1. The van der Waals surface area contributed by atoms with Crippen molar-refractivity contribution >= 4 is 10.8 Å². The minimum absolute atomic E-state index is 0.370. The van der Waals surface area contributed by atoms with Crippen LogP contribution in [-0.4, -0.2) is 30.6 Å². The first kappa shape index (κ1) is 14.1. The molecule has 0 radical (unpaired) electrons. The Hall–Kier alpha value is -1.82. The molecule has 3 rings (SSSR count). The summed E-state index contributed by atoms with van der Waals surface area (Å²) in [5.41, 5.74) is 1.28. The van der Waals surface area contributed by atoms with E-state index in [0.717, 1.165) is 32.5 Å². The Bertz CT molecular complexity index is 632. The van der Waals surface area contributed by atoms with Crippen LogP contribution in [0.25, 0.3) is 10.8 Å². The van der Waals surface area contributed by atoms with E-state index >= 15 is 0 Å². The molecule has 1 aliphatic heterocycles. The van der Waals surface area contributed by atoms with Crippen molar-refractivity contribution in [2.45, 2.75) is 25.6 Å². The average Bonchev–Trinajstić information content (AvgIpc) is 2.49. The molecule has 0 unspecified atom stereocenters. The predicted molar refractivity (Wildman–Crippen MR) is 87.0 cm³/mol. The van der Waals surface area contributed by atoms with Gasteiger partial charge in [-0.1, -0.05) is 42.5 Å². The summed E-state index contributed by atoms with van der Waals surface area (Å²) in [5, 5.41) is 2.58. The standard InChI is InChI=1S/C19H21NO/c1-2-3-6-12-20-13-18(14-20)21-15-17-10-7-9-16-8-4-5-11-19(16)17/h1,4-5,7-11,18H,3,6,12-15H2. The number of rotatable bonds is 6. The molecule has 2 aromatic carbocycles. The van der Waals surface area contributed by atoms with Crippen LogP contribution in [0.15, 0.2) is 42.5 Å². The number of nitrogens with zero attached hydrogens (tertiary/aromatic N) is 1. The van der Waals surface area contributed by atoms with Crippen molar-refractivity contribution in [2.24, 2.45) is 0 Å². The highest BCUT2D eigenvalue weighted by molar-refractivity contribution is 5.85. The topological polar surface area (TPSA) is 12.5 Å². The fourth-order valence-electron chi connectivity index (χ4n) is 2.84. The van der Waals surface area contributed by atoms with E-state index in [0.29, 0.717) is 12.7 Å². The van der Waals surface area contributed by atoms with Crippen LogP contribution in [0.2, 0.25) is 0 Å². The van der Waals surface area contributed by atoms with Crippen molar-refractivity contribution in [2.75, 3.05) is 19.6 Å². The smallest absolute Gasteiger partial charge is 0.0833 e. The third-order valence-corrected chi connectivity index (χ3v) is 4.07. The Morgan fingerprint density at radius 1 is 1.14 bits per heavy atom. The summed E-state index contributed by atoms with van der Waals surface area (Å²) in [6.45, 7) is 3.87. The van der Waals surface area contributed by atoms with E-state index in [1.165, 1.54) is 16.3 Å². The van der Waals surface area contributed by atoms with Crippen molar-refractivity contribution in [3.63, 3.8) is 0 Å². The quantitative estimate of drug-likeness (QED) is 0.593. The summed E-state index contributed by atoms with van der Waals surface area (Å²) in [6, 6.07) is 14.9. The second kappa shape index (κ2) is 6.76. The van der Waals surface area contributed by atoms with Crippen molar-refractivity contribution in [1.29, 1.82) is 0 Å². The highest BCUT2D eigenvalue weighted by Crippen LogP contribution is 2.21. The molecule has 21 heavy (non-hydrogen) atoms. The van der Waals surface area contributed by atoms with Gasteiger partial charge in [-0.05, 0) is 29.3 Å². The minimum Gasteiger partial charge on any atom is -0.371 e. The Labute approximate surface area is 126 Å². The summed E-state index contributed by atoms with van der Waals surface area (Å²) in [7, 11) is 0. The van der Waals surface area contributed by atoms with Crippen LogP contribution in [0.4, 0.5) is 0 Å². The fourth-order valence-corrected chi connectivity index (χ4v) is 2.84. The second-order valence-electron chi connectivity index (χ2n) is 5.64. The molecule has 0 saturated carbocycles. The van der Waals surface area contributed by atoms with Gasteiger partial charge >= 0.3 is 0 Å². The monoisotopic (exact) mass is 279 g/mol. The Morgan fingerprint density at radius 2 is 1.95 bits per heavy atom. The molecular weight excluding hydrogens is 258 g/mol. The second-order valence-corrected chi connectivity index (χ2v) is 5.64. The largest absolute Gasteiger partial charge is 0.371 e. The van der Waals surface area contributed by atoms with Gasteiger partial charge in [-0.3, -0.25) is 4.90 Å². The van der Waals surface area contributed by atoms with Crippen LogP contribution in [0.1, 0.15) is 18.4 Å². The van der Waals surface area contributed by atoms with Gasteiger partial charge in [0.05, 0.1) is 12.7 Å². The van der Waals surface area contributed by atoms with Crippen LogP contribution in [-0.2, 0) is 11.3 Å².